The van der Waals surface area contributed by atoms with Gasteiger partial charge in [-0.05, 0) is 54.6 Å². The lowest BCUT2D eigenvalue weighted by atomic mass is 9.47. The molecule has 23 heavy (non-hydrogen) atoms. The minimum atomic E-state index is -0.910. The van der Waals surface area contributed by atoms with Crippen molar-refractivity contribution in [2.75, 3.05) is 0 Å². The minimum Gasteiger partial charge on any atom is -0.478 e. The molecule has 0 radical (unpaired) electrons. The third kappa shape index (κ3) is 3.93. The fourth-order valence-corrected chi connectivity index (χ4v) is 3.83. The Labute approximate surface area is 140 Å². The molecule has 0 spiro atoms. The third-order valence-corrected chi connectivity index (χ3v) is 5.55. The number of aliphatic carboxylic acids is 1. The van der Waals surface area contributed by atoms with Gasteiger partial charge in [0.25, 0.3) is 0 Å². The number of hydrogen-bond donors (Lipinski definition) is 1. The molecule has 124 valence electrons. The van der Waals surface area contributed by atoms with Crippen molar-refractivity contribution in [2.45, 2.75) is 41.0 Å². The van der Waals surface area contributed by atoms with Crippen LogP contribution >= 0.6 is 0 Å². The van der Waals surface area contributed by atoms with E-state index in [0.717, 1.165) is 23.0 Å². The molecule has 0 aromatic carbocycles. The van der Waals surface area contributed by atoms with Crippen LogP contribution in [0.1, 0.15) is 41.0 Å². The van der Waals surface area contributed by atoms with Crippen molar-refractivity contribution >= 4 is 5.97 Å². The van der Waals surface area contributed by atoms with Gasteiger partial charge in [-0.15, -0.1) is 0 Å². The maximum absolute atomic E-state index is 10.5. The molecular weight excluding hydrogens is 284 g/mol. The average molecular weight is 312 g/mol. The van der Waals surface area contributed by atoms with Crippen molar-refractivity contribution < 1.29 is 9.90 Å². The molecule has 0 aromatic heterocycles. The topological polar surface area (TPSA) is 37.3 Å². The lowest BCUT2D eigenvalue weighted by Crippen LogP contribution is -2.50. The molecule has 1 fully saturated rings. The molecule has 2 heteroatoms. The first-order chi connectivity index (χ1) is 10.7. The van der Waals surface area contributed by atoms with E-state index in [1.165, 1.54) is 18.1 Å². The number of carbonyl (C=O) groups is 1. The minimum absolute atomic E-state index is 0.471. The molecule has 2 nitrogen and oxygen atoms in total. The second kappa shape index (κ2) is 6.74. The van der Waals surface area contributed by atoms with Crippen LogP contribution in [0.2, 0.25) is 0 Å². The van der Waals surface area contributed by atoms with Gasteiger partial charge in [-0.3, -0.25) is 0 Å². The highest BCUT2D eigenvalue weighted by Gasteiger charge is 2.52. The number of fused-ring (bicyclic) bond motifs is 1. The summed E-state index contributed by atoms with van der Waals surface area (Å²) in [5.74, 6) is 1.27. The largest absolute Gasteiger partial charge is 0.478 e. The summed E-state index contributed by atoms with van der Waals surface area (Å²) < 4.78 is 0. The van der Waals surface area contributed by atoms with Gasteiger partial charge >= 0.3 is 5.97 Å². The summed E-state index contributed by atoms with van der Waals surface area (Å²) in [5, 5.41) is 8.66. The van der Waals surface area contributed by atoms with Gasteiger partial charge in [-0.2, -0.15) is 0 Å². The van der Waals surface area contributed by atoms with E-state index in [0.29, 0.717) is 11.3 Å². The smallest absolute Gasteiger partial charge is 0.328 e. The van der Waals surface area contributed by atoms with E-state index in [1.54, 1.807) is 6.92 Å². The normalized spacial score (nSPS) is 30.5. The van der Waals surface area contributed by atoms with Crippen molar-refractivity contribution in [1.29, 1.82) is 0 Å². The summed E-state index contributed by atoms with van der Waals surface area (Å²) in [5.41, 5.74) is 3.83. The molecule has 3 aliphatic rings. The van der Waals surface area contributed by atoms with Gasteiger partial charge in [0, 0.05) is 6.08 Å². The zero-order valence-corrected chi connectivity index (χ0v) is 14.8. The molecule has 3 rings (SSSR count). The van der Waals surface area contributed by atoms with Gasteiger partial charge < -0.3 is 5.11 Å². The Bertz CT molecular complexity index is 626. The Hall–Kier alpha value is -1.83. The summed E-state index contributed by atoms with van der Waals surface area (Å²) >= 11 is 0. The summed E-state index contributed by atoms with van der Waals surface area (Å²) in [6.07, 6.45) is 15.1. The Morgan fingerprint density at radius 3 is 2.52 bits per heavy atom. The van der Waals surface area contributed by atoms with Crippen LogP contribution in [0.25, 0.3) is 0 Å². The van der Waals surface area contributed by atoms with Crippen molar-refractivity contribution in [2.24, 2.45) is 23.2 Å². The molecule has 2 bridgehead atoms. The molecule has 3 aliphatic carbocycles. The first-order valence-electron chi connectivity index (χ1n) is 8.37. The van der Waals surface area contributed by atoms with Crippen LogP contribution in [0.3, 0.4) is 0 Å². The summed E-state index contributed by atoms with van der Waals surface area (Å²) in [4.78, 5) is 10.5. The SMILES string of the molecule is CC(=C/C=C/C(C)=C/C(=O)O)/C=C/C1=C[C@@H]2C[C@H]([C@H]1C)C2(C)C. The summed E-state index contributed by atoms with van der Waals surface area (Å²) in [6, 6.07) is 0. The van der Waals surface area contributed by atoms with Crippen LogP contribution in [-0.4, -0.2) is 11.1 Å². The highest BCUT2D eigenvalue weighted by molar-refractivity contribution is 5.81. The summed E-state index contributed by atoms with van der Waals surface area (Å²) in [6.45, 7) is 11.0. The van der Waals surface area contributed by atoms with Gasteiger partial charge in [0.2, 0.25) is 0 Å². The molecule has 1 N–H and O–H groups in total. The first kappa shape index (κ1) is 17.5. The predicted octanol–water partition coefficient (Wildman–Crippen LogP) is 5.31. The third-order valence-electron chi connectivity index (χ3n) is 5.55. The number of rotatable bonds is 5. The van der Waals surface area contributed by atoms with Crippen LogP contribution in [-0.2, 0) is 4.79 Å². The monoisotopic (exact) mass is 312 g/mol. The average Bonchev–Trinajstić information content (AvgIpc) is 2.44. The lowest BCUT2D eigenvalue weighted by molar-refractivity contribution is -0.131. The van der Waals surface area contributed by atoms with Crippen molar-refractivity contribution in [1.82, 2.24) is 0 Å². The van der Waals surface area contributed by atoms with E-state index in [9.17, 15) is 4.79 Å². The van der Waals surface area contributed by atoms with Crippen molar-refractivity contribution in [3.05, 3.63) is 59.3 Å². The number of carboxylic acids is 1. The molecule has 0 heterocycles. The Morgan fingerprint density at radius 2 is 1.96 bits per heavy atom. The lowest BCUT2D eigenvalue weighted by Gasteiger charge is -2.58. The standard InChI is InChI=1S/C21H28O2/c1-14(7-6-8-15(2)11-20(22)23)9-10-17-12-18-13-19(16(17)3)21(18,4)5/h6-12,16,18-19H,13H2,1-5H3,(H,22,23)/b8-6+,10-9+,14-7-,15-11+/t16-,18+,19+/m0/s1. The van der Waals surface area contributed by atoms with Crippen LogP contribution in [0.15, 0.2) is 59.3 Å². The highest BCUT2D eigenvalue weighted by atomic mass is 16.4. The Morgan fingerprint density at radius 1 is 1.26 bits per heavy atom. The van der Waals surface area contributed by atoms with E-state index in [1.807, 2.05) is 18.2 Å². The molecule has 0 saturated heterocycles. The van der Waals surface area contributed by atoms with Gasteiger partial charge in [-0.25, -0.2) is 4.79 Å². The quantitative estimate of drug-likeness (QED) is 0.551. The molecule has 0 aliphatic heterocycles. The first-order valence-corrected chi connectivity index (χ1v) is 8.37. The van der Waals surface area contributed by atoms with E-state index < -0.39 is 5.97 Å². The summed E-state index contributed by atoms with van der Waals surface area (Å²) in [7, 11) is 0. The van der Waals surface area contributed by atoms with Crippen LogP contribution in [0.5, 0.6) is 0 Å². The molecule has 0 aromatic rings. The second-order valence-electron chi connectivity index (χ2n) is 7.56. The fourth-order valence-electron chi connectivity index (χ4n) is 3.83. The number of carboxylic acid groups (broad SMARTS) is 1. The molecule has 0 amide bonds. The van der Waals surface area contributed by atoms with E-state index in [2.05, 4.69) is 45.9 Å². The highest BCUT2D eigenvalue weighted by Crippen LogP contribution is 2.60. The van der Waals surface area contributed by atoms with Gasteiger partial charge in [0.05, 0.1) is 0 Å². The zero-order valence-electron chi connectivity index (χ0n) is 14.8. The van der Waals surface area contributed by atoms with E-state index in [4.69, 9.17) is 5.11 Å². The van der Waals surface area contributed by atoms with Gasteiger partial charge in [0.15, 0.2) is 0 Å². The van der Waals surface area contributed by atoms with Crippen LogP contribution in [0, 0.1) is 23.2 Å². The fraction of sp³-hybridized carbons (Fsp3) is 0.476. The Kier molecular flexibility index (Phi) is 5.13. The van der Waals surface area contributed by atoms with Crippen molar-refractivity contribution in [3.8, 4) is 0 Å². The van der Waals surface area contributed by atoms with Crippen molar-refractivity contribution in [3.63, 3.8) is 0 Å². The number of allylic oxidation sites excluding steroid dienone is 9. The Balaban J connectivity index is 1.99. The molecule has 3 atom stereocenters. The maximum Gasteiger partial charge on any atom is 0.328 e. The van der Waals surface area contributed by atoms with Crippen LogP contribution < -0.4 is 0 Å². The van der Waals surface area contributed by atoms with E-state index in [-0.39, 0.29) is 0 Å². The van der Waals surface area contributed by atoms with Gasteiger partial charge in [-0.1, -0.05) is 62.8 Å². The van der Waals surface area contributed by atoms with Crippen LogP contribution in [0.4, 0.5) is 0 Å². The van der Waals surface area contributed by atoms with Gasteiger partial charge in [0.1, 0.15) is 0 Å². The number of hydrogen-bond acceptors (Lipinski definition) is 1. The second-order valence-corrected chi connectivity index (χ2v) is 7.56. The molecular formula is C21H28O2. The van der Waals surface area contributed by atoms with E-state index >= 15 is 0 Å². The zero-order chi connectivity index (χ0) is 17.2. The molecule has 1 saturated carbocycles. The maximum atomic E-state index is 10.5. The molecule has 0 unspecified atom stereocenters. The predicted molar refractivity (Wildman–Crippen MR) is 96.1 cm³/mol.